The minimum Gasteiger partial charge on any atom is -0.363 e. The second kappa shape index (κ2) is 8.57. The highest BCUT2D eigenvalue weighted by molar-refractivity contribution is 7.80. The van der Waals surface area contributed by atoms with E-state index in [0.29, 0.717) is 31.6 Å². The minimum atomic E-state index is -4.32. The highest BCUT2D eigenvalue weighted by Gasteiger charge is 2.33. The summed E-state index contributed by atoms with van der Waals surface area (Å²) in [4.78, 5) is 9.58. The van der Waals surface area contributed by atoms with Crippen molar-refractivity contribution >= 4 is 17.2 Å². The number of benzene rings is 1. The number of thiocarbonyl (C=S) groups is 1. The summed E-state index contributed by atoms with van der Waals surface area (Å²) in [5, 5.41) is 0. The number of aromatic nitrogens is 1. The number of halogens is 3. The van der Waals surface area contributed by atoms with Crippen molar-refractivity contribution in [2.24, 2.45) is 0 Å². The molecule has 1 aliphatic heterocycles. The summed E-state index contributed by atoms with van der Waals surface area (Å²) in [6.45, 7) is 7.12. The quantitative estimate of drug-likeness (QED) is 0.699. The van der Waals surface area contributed by atoms with E-state index < -0.39 is 11.7 Å². The van der Waals surface area contributed by atoms with Crippen LogP contribution in [0.25, 0.3) is 0 Å². The molecule has 1 fully saturated rings. The van der Waals surface area contributed by atoms with Gasteiger partial charge in [-0.2, -0.15) is 13.2 Å². The fourth-order valence-electron chi connectivity index (χ4n) is 3.61. The maximum absolute atomic E-state index is 13.2. The molecule has 1 aromatic heterocycles. The zero-order valence-corrected chi connectivity index (χ0v) is 16.9. The fraction of sp³-hybridized carbons (Fsp3) is 0.429. The molecular weight excluding hydrogens is 383 g/mol. The standard InChI is InChI=1S/C21H24F3N3S/c1-15-11-16(2)25-18(12-15)13-20(28)27-9-7-26(8-10-27)14-17-5-3-4-6-19(17)21(22,23)24/h3-6,11-12H,7-10,13-14H2,1-2H3. The number of alkyl halides is 3. The molecule has 3 nitrogen and oxygen atoms in total. The molecule has 0 saturated carbocycles. The van der Waals surface area contributed by atoms with E-state index in [4.69, 9.17) is 12.2 Å². The first-order valence-electron chi connectivity index (χ1n) is 9.32. The molecule has 1 saturated heterocycles. The Bertz CT molecular complexity index is 823. The van der Waals surface area contributed by atoms with Crippen LogP contribution < -0.4 is 0 Å². The largest absolute Gasteiger partial charge is 0.416 e. The highest BCUT2D eigenvalue weighted by Crippen LogP contribution is 2.32. The van der Waals surface area contributed by atoms with Crippen molar-refractivity contribution in [3.8, 4) is 0 Å². The van der Waals surface area contributed by atoms with Gasteiger partial charge in [0, 0.05) is 50.5 Å². The summed E-state index contributed by atoms with van der Waals surface area (Å²) < 4.78 is 39.6. The maximum Gasteiger partial charge on any atom is 0.416 e. The smallest absolute Gasteiger partial charge is 0.363 e. The predicted molar refractivity (Wildman–Crippen MR) is 108 cm³/mol. The van der Waals surface area contributed by atoms with Gasteiger partial charge in [-0.25, -0.2) is 0 Å². The van der Waals surface area contributed by atoms with Crippen molar-refractivity contribution in [2.75, 3.05) is 26.2 Å². The second-order valence-electron chi connectivity index (χ2n) is 7.27. The van der Waals surface area contributed by atoms with Crippen LogP contribution in [0.3, 0.4) is 0 Å². The molecule has 0 radical (unpaired) electrons. The molecule has 0 atom stereocenters. The van der Waals surface area contributed by atoms with Gasteiger partial charge < -0.3 is 4.90 Å². The van der Waals surface area contributed by atoms with Crippen LogP contribution in [0.5, 0.6) is 0 Å². The van der Waals surface area contributed by atoms with Crippen LogP contribution >= 0.6 is 12.2 Å². The van der Waals surface area contributed by atoms with Gasteiger partial charge >= 0.3 is 6.18 Å². The summed E-state index contributed by atoms with van der Waals surface area (Å²) in [6, 6.07) is 9.88. The molecule has 1 aromatic carbocycles. The molecule has 3 rings (SSSR count). The van der Waals surface area contributed by atoms with Crippen LogP contribution in [-0.4, -0.2) is 46.0 Å². The van der Waals surface area contributed by atoms with Crippen molar-refractivity contribution in [3.63, 3.8) is 0 Å². The Labute approximate surface area is 169 Å². The molecule has 0 amide bonds. The van der Waals surface area contributed by atoms with Gasteiger partial charge in [-0.05, 0) is 43.2 Å². The lowest BCUT2D eigenvalue weighted by atomic mass is 10.1. The number of nitrogens with zero attached hydrogens (tertiary/aromatic N) is 3. The number of pyridine rings is 1. The van der Waals surface area contributed by atoms with E-state index >= 15 is 0 Å². The van der Waals surface area contributed by atoms with E-state index in [0.717, 1.165) is 35.5 Å². The first-order valence-corrected chi connectivity index (χ1v) is 9.72. The van der Waals surface area contributed by atoms with E-state index in [1.54, 1.807) is 12.1 Å². The van der Waals surface area contributed by atoms with Crippen LogP contribution in [-0.2, 0) is 19.1 Å². The second-order valence-corrected chi connectivity index (χ2v) is 7.74. The van der Waals surface area contributed by atoms with E-state index in [-0.39, 0.29) is 0 Å². The normalized spacial score (nSPS) is 15.7. The van der Waals surface area contributed by atoms with Gasteiger partial charge in [0.05, 0.1) is 10.6 Å². The number of piperazine rings is 1. The molecule has 0 N–H and O–H groups in total. The summed E-state index contributed by atoms with van der Waals surface area (Å²) in [5.74, 6) is 0. The lowest BCUT2D eigenvalue weighted by Crippen LogP contribution is -2.48. The monoisotopic (exact) mass is 407 g/mol. The van der Waals surface area contributed by atoms with Crippen molar-refractivity contribution in [1.82, 2.24) is 14.8 Å². The zero-order valence-electron chi connectivity index (χ0n) is 16.1. The van der Waals surface area contributed by atoms with Crippen molar-refractivity contribution in [1.29, 1.82) is 0 Å². The number of rotatable bonds is 4. The molecule has 0 unspecified atom stereocenters. The Morgan fingerprint density at radius 2 is 1.75 bits per heavy atom. The zero-order chi connectivity index (χ0) is 20.3. The molecule has 0 bridgehead atoms. The van der Waals surface area contributed by atoms with E-state index in [9.17, 15) is 13.2 Å². The van der Waals surface area contributed by atoms with Crippen molar-refractivity contribution < 1.29 is 13.2 Å². The highest BCUT2D eigenvalue weighted by atomic mass is 32.1. The topological polar surface area (TPSA) is 19.4 Å². The maximum atomic E-state index is 13.2. The van der Waals surface area contributed by atoms with E-state index in [1.807, 2.05) is 26.0 Å². The van der Waals surface area contributed by atoms with Crippen LogP contribution in [0, 0.1) is 13.8 Å². The average Bonchev–Trinajstić information content (AvgIpc) is 2.61. The molecular formula is C21H24F3N3S. The third-order valence-electron chi connectivity index (χ3n) is 4.92. The van der Waals surface area contributed by atoms with Crippen LogP contribution in [0.2, 0.25) is 0 Å². The molecule has 7 heteroatoms. The Morgan fingerprint density at radius 3 is 2.39 bits per heavy atom. The minimum absolute atomic E-state index is 0.301. The van der Waals surface area contributed by atoms with Gasteiger partial charge in [0.15, 0.2) is 0 Å². The van der Waals surface area contributed by atoms with Gasteiger partial charge in [-0.15, -0.1) is 0 Å². The van der Waals surface area contributed by atoms with Crippen LogP contribution in [0.1, 0.15) is 28.1 Å². The molecule has 0 spiro atoms. The summed E-state index contributed by atoms with van der Waals surface area (Å²) in [5.41, 5.74) is 2.88. The molecule has 150 valence electrons. The lowest BCUT2D eigenvalue weighted by molar-refractivity contribution is -0.138. The summed E-state index contributed by atoms with van der Waals surface area (Å²) in [6.07, 6.45) is -3.70. The molecule has 2 aromatic rings. The first-order chi connectivity index (χ1) is 13.2. The summed E-state index contributed by atoms with van der Waals surface area (Å²) >= 11 is 5.60. The SMILES string of the molecule is Cc1cc(C)nc(CC(=S)N2CCN(Cc3ccccc3C(F)(F)F)CC2)c1. The number of aryl methyl sites for hydroxylation is 2. The fourth-order valence-corrected chi connectivity index (χ4v) is 3.94. The summed E-state index contributed by atoms with van der Waals surface area (Å²) in [7, 11) is 0. The van der Waals surface area contributed by atoms with Gasteiger partial charge in [0.2, 0.25) is 0 Å². The Balaban J connectivity index is 1.57. The Kier molecular flexibility index (Phi) is 6.35. The van der Waals surface area contributed by atoms with Gasteiger partial charge in [0.25, 0.3) is 0 Å². The van der Waals surface area contributed by atoms with Crippen molar-refractivity contribution in [2.45, 2.75) is 33.0 Å². The molecule has 2 heterocycles. The van der Waals surface area contributed by atoms with Crippen molar-refractivity contribution in [3.05, 3.63) is 64.5 Å². The Hall–Kier alpha value is -1.99. The van der Waals surface area contributed by atoms with Crippen LogP contribution in [0.4, 0.5) is 13.2 Å². The van der Waals surface area contributed by atoms with Gasteiger partial charge in [0.1, 0.15) is 0 Å². The number of hydrogen-bond acceptors (Lipinski definition) is 3. The predicted octanol–water partition coefficient (Wildman–Crippen LogP) is 4.40. The van der Waals surface area contributed by atoms with Gasteiger partial charge in [-0.1, -0.05) is 30.4 Å². The van der Waals surface area contributed by atoms with Crippen LogP contribution in [0.15, 0.2) is 36.4 Å². The molecule has 1 aliphatic rings. The average molecular weight is 408 g/mol. The van der Waals surface area contributed by atoms with E-state index in [1.165, 1.54) is 11.6 Å². The number of hydrogen-bond donors (Lipinski definition) is 0. The first kappa shape index (κ1) is 20.7. The third kappa shape index (κ3) is 5.29. The molecule has 28 heavy (non-hydrogen) atoms. The Morgan fingerprint density at radius 1 is 1.07 bits per heavy atom. The molecule has 0 aliphatic carbocycles. The van der Waals surface area contributed by atoms with E-state index in [2.05, 4.69) is 14.8 Å². The lowest BCUT2D eigenvalue weighted by Gasteiger charge is -2.36. The van der Waals surface area contributed by atoms with Gasteiger partial charge in [-0.3, -0.25) is 9.88 Å². The third-order valence-corrected chi connectivity index (χ3v) is 5.33.